The molecule has 1 aromatic heterocycles. The molecule has 0 atom stereocenters. The second-order valence-corrected chi connectivity index (χ2v) is 6.34. The van der Waals surface area contributed by atoms with Crippen molar-refractivity contribution in [3.8, 4) is 0 Å². The molecule has 0 unspecified atom stereocenters. The molecular weight excluding hydrogens is 276 g/mol. The van der Waals surface area contributed by atoms with E-state index in [1.165, 1.54) is 19.2 Å². The molecule has 0 aliphatic carbocycles. The van der Waals surface area contributed by atoms with Crippen LogP contribution in [-0.4, -0.2) is 33.7 Å². The van der Waals surface area contributed by atoms with E-state index in [4.69, 9.17) is 4.74 Å². The van der Waals surface area contributed by atoms with Gasteiger partial charge < -0.3 is 9.72 Å². The second-order valence-electron chi connectivity index (χ2n) is 3.56. The number of hydrogen-bond donors (Lipinski definition) is 2. The third kappa shape index (κ3) is 2.78. The van der Waals surface area contributed by atoms with Crippen LogP contribution in [-0.2, 0) is 14.8 Å². The van der Waals surface area contributed by atoms with Gasteiger partial charge in [-0.25, -0.2) is 13.1 Å². The maximum Gasteiger partial charge on any atom is 0.305 e. The molecule has 2 aromatic rings. The highest BCUT2D eigenvalue weighted by Gasteiger charge is 2.14. The zero-order chi connectivity index (χ0) is 13.2. The number of hydrogen-bond acceptors (Lipinski definition) is 5. The van der Waals surface area contributed by atoms with Crippen LogP contribution in [0.2, 0.25) is 0 Å². The van der Waals surface area contributed by atoms with Gasteiger partial charge in [-0.2, -0.15) is 0 Å². The van der Waals surface area contributed by atoms with Crippen molar-refractivity contribution in [1.29, 1.82) is 0 Å². The Morgan fingerprint density at radius 1 is 1.44 bits per heavy atom. The lowest BCUT2D eigenvalue weighted by Crippen LogP contribution is -2.27. The van der Waals surface area contributed by atoms with Crippen molar-refractivity contribution in [3.63, 3.8) is 0 Å². The molecule has 0 saturated heterocycles. The van der Waals surface area contributed by atoms with Gasteiger partial charge in [0.05, 0.1) is 21.7 Å². The number of ether oxygens (including phenoxy) is 1. The molecule has 8 heteroatoms. The van der Waals surface area contributed by atoms with E-state index in [2.05, 4.69) is 9.71 Å². The van der Waals surface area contributed by atoms with Gasteiger partial charge in [-0.3, -0.25) is 4.79 Å². The molecule has 1 aromatic carbocycles. The fourth-order valence-corrected chi connectivity index (χ4v) is 3.34. The average molecular weight is 288 g/mol. The van der Waals surface area contributed by atoms with Gasteiger partial charge in [0.25, 0.3) is 0 Å². The Balaban J connectivity index is 2.32. The van der Waals surface area contributed by atoms with Crippen LogP contribution < -0.4 is 9.60 Å². The van der Waals surface area contributed by atoms with Gasteiger partial charge in [0.1, 0.15) is 0 Å². The Morgan fingerprint density at radius 2 is 2.22 bits per heavy atom. The lowest BCUT2D eigenvalue weighted by molar-refractivity contribution is 0.204. The van der Waals surface area contributed by atoms with Crippen molar-refractivity contribution in [2.24, 2.45) is 0 Å². The van der Waals surface area contributed by atoms with Gasteiger partial charge in [-0.1, -0.05) is 11.3 Å². The number of nitrogens with one attached hydrogen (secondary N) is 2. The number of aromatic amines is 1. The molecule has 0 radical (unpaired) electrons. The molecule has 0 amide bonds. The minimum atomic E-state index is -3.55. The number of sulfonamides is 1. The zero-order valence-corrected chi connectivity index (χ0v) is 11.2. The van der Waals surface area contributed by atoms with Gasteiger partial charge in [-0.05, 0) is 18.2 Å². The van der Waals surface area contributed by atoms with Gasteiger partial charge >= 0.3 is 4.87 Å². The molecule has 0 fully saturated rings. The van der Waals surface area contributed by atoms with Crippen LogP contribution in [0.4, 0.5) is 0 Å². The third-order valence-electron chi connectivity index (χ3n) is 2.30. The van der Waals surface area contributed by atoms with E-state index in [1.54, 1.807) is 6.07 Å². The quantitative estimate of drug-likeness (QED) is 0.785. The molecule has 2 rings (SSSR count). The predicted octanol–water partition coefficient (Wildman–Crippen LogP) is 0.514. The number of rotatable bonds is 5. The fraction of sp³-hybridized carbons (Fsp3) is 0.300. The summed E-state index contributed by atoms with van der Waals surface area (Å²) in [5.41, 5.74) is 0.640. The van der Waals surface area contributed by atoms with Crippen LogP contribution in [0.3, 0.4) is 0 Å². The largest absolute Gasteiger partial charge is 0.383 e. The highest BCUT2D eigenvalue weighted by atomic mass is 32.2. The SMILES string of the molecule is COCCNS(=O)(=O)c1ccc2[nH]c(=O)sc2c1. The van der Waals surface area contributed by atoms with E-state index in [-0.39, 0.29) is 16.3 Å². The maximum atomic E-state index is 11.9. The maximum absolute atomic E-state index is 11.9. The summed E-state index contributed by atoms with van der Waals surface area (Å²) in [6.45, 7) is 0.513. The number of methoxy groups -OCH3 is 1. The summed E-state index contributed by atoms with van der Waals surface area (Å²) in [6, 6.07) is 4.52. The van der Waals surface area contributed by atoms with Gasteiger partial charge in [0.15, 0.2) is 0 Å². The molecular formula is C10H12N2O4S2. The molecule has 0 saturated carbocycles. The fourth-order valence-electron chi connectivity index (χ4n) is 1.45. The predicted molar refractivity (Wildman–Crippen MR) is 69.5 cm³/mol. The monoisotopic (exact) mass is 288 g/mol. The molecule has 98 valence electrons. The van der Waals surface area contributed by atoms with Crippen LogP contribution in [0, 0.1) is 0 Å². The number of benzene rings is 1. The summed E-state index contributed by atoms with van der Waals surface area (Å²) in [4.78, 5) is 13.7. The van der Waals surface area contributed by atoms with E-state index in [9.17, 15) is 13.2 Å². The van der Waals surface area contributed by atoms with Crippen molar-refractivity contribution < 1.29 is 13.2 Å². The van der Waals surface area contributed by atoms with E-state index in [0.29, 0.717) is 16.8 Å². The molecule has 6 nitrogen and oxygen atoms in total. The van der Waals surface area contributed by atoms with Crippen molar-refractivity contribution in [1.82, 2.24) is 9.71 Å². The first-order valence-electron chi connectivity index (χ1n) is 5.14. The zero-order valence-electron chi connectivity index (χ0n) is 9.60. The third-order valence-corrected chi connectivity index (χ3v) is 4.60. The summed E-state index contributed by atoms with van der Waals surface area (Å²) in [7, 11) is -2.06. The standard InChI is InChI=1S/C10H12N2O4S2/c1-16-5-4-11-18(14,15)7-2-3-8-9(6-7)17-10(13)12-8/h2-3,6,11H,4-5H2,1H3,(H,12,13). The smallest absolute Gasteiger partial charge is 0.305 e. The molecule has 0 bridgehead atoms. The van der Waals surface area contributed by atoms with Gasteiger partial charge in [0.2, 0.25) is 10.0 Å². The second kappa shape index (κ2) is 5.19. The molecule has 2 N–H and O–H groups in total. The van der Waals surface area contributed by atoms with Gasteiger partial charge in [0, 0.05) is 13.7 Å². The average Bonchev–Trinajstić information content (AvgIpc) is 2.68. The summed E-state index contributed by atoms with van der Waals surface area (Å²) in [6.07, 6.45) is 0. The first-order valence-corrected chi connectivity index (χ1v) is 7.44. The molecule has 0 aliphatic heterocycles. The van der Waals surface area contributed by atoms with Crippen molar-refractivity contribution >= 4 is 31.6 Å². The molecule has 18 heavy (non-hydrogen) atoms. The summed E-state index contributed by atoms with van der Waals surface area (Å²) < 4.78 is 31.6. The highest BCUT2D eigenvalue weighted by molar-refractivity contribution is 7.89. The van der Waals surface area contributed by atoms with Crippen LogP contribution in [0.25, 0.3) is 10.2 Å². The normalized spacial score (nSPS) is 12.1. The molecule has 1 heterocycles. The Hall–Kier alpha value is -1.22. The lowest BCUT2D eigenvalue weighted by Gasteiger charge is -2.05. The minimum Gasteiger partial charge on any atom is -0.383 e. The Morgan fingerprint density at radius 3 is 2.94 bits per heavy atom. The van der Waals surface area contributed by atoms with Crippen LogP contribution in [0.5, 0.6) is 0 Å². The van der Waals surface area contributed by atoms with Crippen molar-refractivity contribution in [2.75, 3.05) is 20.3 Å². The lowest BCUT2D eigenvalue weighted by atomic mass is 10.3. The summed E-state index contributed by atoms with van der Waals surface area (Å²) >= 11 is 0.983. The van der Waals surface area contributed by atoms with Crippen molar-refractivity contribution in [2.45, 2.75) is 4.90 Å². The summed E-state index contributed by atoms with van der Waals surface area (Å²) in [5.74, 6) is 0. The molecule has 0 aliphatic rings. The highest BCUT2D eigenvalue weighted by Crippen LogP contribution is 2.19. The van der Waals surface area contributed by atoms with Crippen LogP contribution in [0.15, 0.2) is 27.9 Å². The number of thiazole rings is 1. The number of fused-ring (bicyclic) bond motifs is 1. The van der Waals surface area contributed by atoms with Crippen molar-refractivity contribution in [3.05, 3.63) is 27.9 Å². The minimum absolute atomic E-state index is 0.140. The van der Waals surface area contributed by atoms with E-state index >= 15 is 0 Å². The first kappa shape index (κ1) is 13.2. The van der Waals surface area contributed by atoms with Crippen LogP contribution in [0.1, 0.15) is 0 Å². The Labute approximate surface area is 108 Å². The molecule has 0 spiro atoms. The number of H-pyrrole nitrogens is 1. The Kier molecular flexibility index (Phi) is 3.81. The van der Waals surface area contributed by atoms with Crippen LogP contribution >= 0.6 is 11.3 Å². The first-order chi connectivity index (χ1) is 8.53. The topological polar surface area (TPSA) is 88.3 Å². The van der Waals surface area contributed by atoms with E-state index in [0.717, 1.165) is 11.3 Å². The number of aromatic nitrogens is 1. The van der Waals surface area contributed by atoms with E-state index in [1.807, 2.05) is 0 Å². The van der Waals surface area contributed by atoms with E-state index < -0.39 is 10.0 Å². The Bertz CT molecular complexity index is 702. The summed E-state index contributed by atoms with van der Waals surface area (Å²) in [5, 5.41) is 0. The van der Waals surface area contributed by atoms with Gasteiger partial charge in [-0.15, -0.1) is 0 Å².